The number of rotatable bonds is 5. The van der Waals surface area contributed by atoms with E-state index in [4.69, 9.17) is 4.74 Å². The molecule has 1 fully saturated rings. The van der Waals surface area contributed by atoms with E-state index in [1.807, 2.05) is 0 Å². The molecule has 138 valence electrons. The molecule has 2 heterocycles. The Morgan fingerprint density at radius 3 is 2.64 bits per heavy atom. The van der Waals surface area contributed by atoms with Gasteiger partial charge in [-0.2, -0.15) is 9.40 Å². The molecule has 25 heavy (non-hydrogen) atoms. The quantitative estimate of drug-likeness (QED) is 0.816. The first-order valence-electron chi connectivity index (χ1n) is 7.84. The topological polar surface area (TPSA) is 89.3 Å². The fraction of sp³-hybridized carbons (Fsp3) is 0.467. The molecule has 0 spiro atoms. The van der Waals surface area contributed by atoms with Crippen LogP contribution < -0.4 is 10.1 Å². The number of ether oxygens (including phenoxy) is 1. The van der Waals surface area contributed by atoms with Crippen LogP contribution in [0.5, 0.6) is 5.75 Å². The number of halogens is 1. The molecule has 3 rings (SSSR count). The van der Waals surface area contributed by atoms with Crippen molar-refractivity contribution < 1.29 is 13.2 Å². The van der Waals surface area contributed by atoms with Crippen LogP contribution in [0.25, 0.3) is 0 Å². The molecular formula is C15H22ClN5O3S. The fourth-order valence-electron chi connectivity index (χ4n) is 2.52. The van der Waals surface area contributed by atoms with Crippen LogP contribution in [0.4, 0.5) is 0 Å². The van der Waals surface area contributed by atoms with Gasteiger partial charge in [-0.3, -0.25) is 4.68 Å². The number of nitrogens with one attached hydrogen (secondary N) is 1. The molecule has 0 atom stereocenters. The lowest BCUT2D eigenvalue weighted by Gasteiger charge is -2.19. The second kappa shape index (κ2) is 8.61. The number of aromatic nitrogens is 3. The molecule has 1 aliphatic rings. The summed E-state index contributed by atoms with van der Waals surface area (Å²) < 4.78 is 34.1. The first-order chi connectivity index (χ1) is 11.6. The van der Waals surface area contributed by atoms with Gasteiger partial charge in [-0.25, -0.2) is 13.4 Å². The molecule has 1 aliphatic heterocycles. The van der Waals surface area contributed by atoms with Crippen molar-refractivity contribution in [1.82, 2.24) is 24.4 Å². The van der Waals surface area contributed by atoms with E-state index >= 15 is 0 Å². The Morgan fingerprint density at radius 1 is 1.20 bits per heavy atom. The van der Waals surface area contributed by atoms with Crippen molar-refractivity contribution >= 4 is 22.4 Å². The summed E-state index contributed by atoms with van der Waals surface area (Å²) >= 11 is 0. The average molecular weight is 388 g/mol. The largest absolute Gasteiger partial charge is 0.486 e. The van der Waals surface area contributed by atoms with Crippen LogP contribution in [-0.4, -0.2) is 53.7 Å². The first kappa shape index (κ1) is 19.6. The summed E-state index contributed by atoms with van der Waals surface area (Å²) in [6.07, 6.45) is 2.28. The lowest BCUT2D eigenvalue weighted by Crippen LogP contribution is -2.34. The summed E-state index contributed by atoms with van der Waals surface area (Å²) in [5.74, 6) is 1.29. The summed E-state index contributed by atoms with van der Waals surface area (Å²) in [7, 11) is -1.67. The summed E-state index contributed by atoms with van der Waals surface area (Å²) in [5.41, 5.74) is 0. The zero-order valence-electron chi connectivity index (χ0n) is 14.0. The average Bonchev–Trinajstić information content (AvgIpc) is 2.83. The van der Waals surface area contributed by atoms with Crippen LogP contribution in [0.2, 0.25) is 0 Å². The fourth-order valence-corrected chi connectivity index (χ4v) is 4.00. The third kappa shape index (κ3) is 4.69. The predicted molar refractivity (Wildman–Crippen MR) is 95.3 cm³/mol. The molecule has 8 nitrogen and oxygen atoms in total. The minimum Gasteiger partial charge on any atom is -0.486 e. The Balaban J connectivity index is 0.00000225. The van der Waals surface area contributed by atoms with Crippen LogP contribution in [0.15, 0.2) is 35.5 Å². The zero-order chi connectivity index (χ0) is 17.0. The van der Waals surface area contributed by atoms with Gasteiger partial charge in [-0.15, -0.1) is 12.4 Å². The van der Waals surface area contributed by atoms with Gasteiger partial charge in [0.15, 0.2) is 5.82 Å². The highest BCUT2D eigenvalue weighted by Gasteiger charge is 2.24. The molecule has 2 aromatic rings. The first-order valence-corrected chi connectivity index (χ1v) is 9.28. The van der Waals surface area contributed by atoms with E-state index in [0.717, 1.165) is 13.0 Å². The Bertz CT molecular complexity index is 771. The third-order valence-corrected chi connectivity index (χ3v) is 5.85. The molecule has 1 N–H and O–H groups in total. The number of nitrogens with zero attached hydrogens (tertiary/aromatic N) is 4. The number of hydrogen-bond donors (Lipinski definition) is 1. The monoisotopic (exact) mass is 387 g/mol. The van der Waals surface area contributed by atoms with Gasteiger partial charge < -0.3 is 10.1 Å². The lowest BCUT2D eigenvalue weighted by atomic mass is 10.3. The van der Waals surface area contributed by atoms with Gasteiger partial charge in [-0.05, 0) is 37.2 Å². The number of hydrogen-bond acceptors (Lipinski definition) is 6. The zero-order valence-corrected chi connectivity index (χ0v) is 15.6. The van der Waals surface area contributed by atoms with Crippen LogP contribution in [0, 0.1) is 0 Å². The molecule has 0 bridgehead atoms. The highest BCUT2D eigenvalue weighted by atomic mass is 35.5. The molecule has 0 aliphatic carbocycles. The third-order valence-electron chi connectivity index (χ3n) is 3.93. The van der Waals surface area contributed by atoms with Gasteiger partial charge in [0.1, 0.15) is 18.7 Å². The molecular weight excluding hydrogens is 366 g/mol. The van der Waals surface area contributed by atoms with E-state index in [-0.39, 0.29) is 23.9 Å². The van der Waals surface area contributed by atoms with E-state index in [0.29, 0.717) is 31.2 Å². The molecule has 1 saturated heterocycles. The van der Waals surface area contributed by atoms with Gasteiger partial charge in [0, 0.05) is 26.7 Å². The Kier molecular flexibility index (Phi) is 6.77. The van der Waals surface area contributed by atoms with Crippen molar-refractivity contribution in [2.75, 3.05) is 26.2 Å². The van der Waals surface area contributed by atoms with Crippen molar-refractivity contribution in [3.05, 3.63) is 36.4 Å². The maximum absolute atomic E-state index is 12.7. The van der Waals surface area contributed by atoms with Crippen molar-refractivity contribution in [2.24, 2.45) is 7.05 Å². The number of aryl methyl sites for hydroxylation is 1. The molecule has 0 amide bonds. The second-order valence-corrected chi connectivity index (χ2v) is 7.51. The molecule has 1 aromatic carbocycles. The summed E-state index contributed by atoms with van der Waals surface area (Å²) in [5, 5.41) is 7.18. The Morgan fingerprint density at radius 2 is 1.96 bits per heavy atom. The second-order valence-electron chi connectivity index (χ2n) is 5.57. The predicted octanol–water partition coefficient (Wildman–Crippen LogP) is 0.800. The van der Waals surface area contributed by atoms with Crippen molar-refractivity contribution in [2.45, 2.75) is 17.9 Å². The molecule has 1 aromatic heterocycles. The van der Waals surface area contributed by atoms with Crippen molar-refractivity contribution in [1.29, 1.82) is 0 Å². The van der Waals surface area contributed by atoms with E-state index in [1.54, 1.807) is 36.0 Å². The van der Waals surface area contributed by atoms with Crippen molar-refractivity contribution in [3.63, 3.8) is 0 Å². The van der Waals surface area contributed by atoms with Crippen LogP contribution in [0.1, 0.15) is 12.2 Å². The van der Waals surface area contributed by atoms with Crippen LogP contribution in [0.3, 0.4) is 0 Å². The van der Waals surface area contributed by atoms with Gasteiger partial charge in [0.05, 0.1) is 4.90 Å². The SMILES string of the molecule is Cl.Cn1ncnc1COc1ccc(S(=O)(=O)N2CCCNCC2)cc1. The molecule has 10 heteroatoms. The summed E-state index contributed by atoms with van der Waals surface area (Å²) in [6, 6.07) is 6.50. The van der Waals surface area contributed by atoms with E-state index in [1.165, 1.54) is 10.6 Å². The summed E-state index contributed by atoms with van der Waals surface area (Å²) in [4.78, 5) is 4.36. The van der Waals surface area contributed by atoms with Crippen LogP contribution in [-0.2, 0) is 23.7 Å². The Labute approximate surface area is 153 Å². The summed E-state index contributed by atoms with van der Waals surface area (Å²) in [6.45, 7) is 2.84. The minimum absolute atomic E-state index is 0. The molecule has 0 saturated carbocycles. The minimum atomic E-state index is -3.46. The highest BCUT2D eigenvalue weighted by Crippen LogP contribution is 2.20. The van der Waals surface area contributed by atoms with Gasteiger partial charge in [0.25, 0.3) is 0 Å². The smallest absolute Gasteiger partial charge is 0.243 e. The van der Waals surface area contributed by atoms with E-state index < -0.39 is 10.0 Å². The Hall–Kier alpha value is -1.68. The molecule has 0 radical (unpaired) electrons. The standard InChI is InChI=1S/C15H21N5O3S.ClH/c1-19-15(17-12-18-19)11-23-13-3-5-14(6-4-13)24(21,22)20-9-2-7-16-8-10-20;/h3-6,12,16H,2,7-11H2,1H3;1H. The van der Waals surface area contributed by atoms with Crippen molar-refractivity contribution in [3.8, 4) is 5.75 Å². The maximum atomic E-state index is 12.7. The molecule has 0 unspecified atom stereocenters. The van der Waals surface area contributed by atoms with Gasteiger partial charge in [-0.1, -0.05) is 0 Å². The normalized spacial score (nSPS) is 16.0. The number of benzene rings is 1. The lowest BCUT2D eigenvalue weighted by molar-refractivity contribution is 0.289. The number of sulfonamides is 1. The highest BCUT2D eigenvalue weighted by molar-refractivity contribution is 7.89. The van der Waals surface area contributed by atoms with E-state index in [2.05, 4.69) is 15.4 Å². The van der Waals surface area contributed by atoms with E-state index in [9.17, 15) is 8.42 Å². The van der Waals surface area contributed by atoms with Gasteiger partial charge in [0.2, 0.25) is 10.0 Å². The maximum Gasteiger partial charge on any atom is 0.243 e. The van der Waals surface area contributed by atoms with Crippen LogP contribution >= 0.6 is 12.4 Å². The van der Waals surface area contributed by atoms with Gasteiger partial charge >= 0.3 is 0 Å².